The Labute approximate surface area is 128 Å². The Balaban J connectivity index is 2.27. The number of aliphatic carboxylic acids is 1. The van der Waals surface area contributed by atoms with Gasteiger partial charge in [-0.15, -0.1) is 11.3 Å². The van der Waals surface area contributed by atoms with E-state index in [1.54, 1.807) is 5.51 Å². The van der Waals surface area contributed by atoms with Crippen molar-refractivity contribution >= 4 is 23.3 Å². The first-order valence-electron chi connectivity index (χ1n) is 7.23. The van der Waals surface area contributed by atoms with Crippen LogP contribution in [0.5, 0.6) is 0 Å². The number of carbonyl (C=O) groups excluding carboxylic acids is 1. The fraction of sp³-hybridized carbons (Fsp3) is 0.667. The zero-order valence-electron chi connectivity index (χ0n) is 12.4. The van der Waals surface area contributed by atoms with Crippen molar-refractivity contribution in [1.82, 2.24) is 4.98 Å². The van der Waals surface area contributed by atoms with Crippen molar-refractivity contribution in [3.63, 3.8) is 0 Å². The van der Waals surface area contributed by atoms with E-state index in [4.69, 9.17) is 4.74 Å². The second-order valence-corrected chi connectivity index (χ2v) is 6.55. The standard InChI is InChI=1S/C15H21NO4S/c1-10-12(21-9-16-10)7-8-15(13(17)18,14(19)20-2)11-5-3-4-6-11/h9,11H,3-8H2,1-2H3,(H,17,18). The van der Waals surface area contributed by atoms with E-state index in [1.165, 1.54) is 18.4 Å². The highest BCUT2D eigenvalue weighted by molar-refractivity contribution is 7.09. The van der Waals surface area contributed by atoms with Gasteiger partial charge in [-0.05, 0) is 38.5 Å². The Kier molecular flexibility index (Phi) is 4.98. The molecule has 21 heavy (non-hydrogen) atoms. The summed E-state index contributed by atoms with van der Waals surface area (Å²) >= 11 is 1.51. The smallest absolute Gasteiger partial charge is 0.323 e. The van der Waals surface area contributed by atoms with Crippen LogP contribution >= 0.6 is 11.3 Å². The molecule has 0 amide bonds. The molecule has 6 heteroatoms. The first kappa shape index (κ1) is 15.9. The predicted molar refractivity (Wildman–Crippen MR) is 79.2 cm³/mol. The number of methoxy groups -OCH3 is 1. The molecule has 1 unspecified atom stereocenters. The molecule has 0 saturated heterocycles. The molecule has 1 atom stereocenters. The summed E-state index contributed by atoms with van der Waals surface area (Å²) in [6, 6.07) is 0. The van der Waals surface area contributed by atoms with Crippen LogP contribution in [0, 0.1) is 18.3 Å². The number of ether oxygens (including phenoxy) is 1. The molecule has 116 valence electrons. The van der Waals surface area contributed by atoms with Crippen molar-refractivity contribution in [3.05, 3.63) is 16.1 Å². The van der Waals surface area contributed by atoms with Crippen molar-refractivity contribution < 1.29 is 19.4 Å². The molecule has 0 radical (unpaired) electrons. The number of esters is 1. The quantitative estimate of drug-likeness (QED) is 0.646. The number of hydrogen-bond donors (Lipinski definition) is 1. The van der Waals surface area contributed by atoms with Crippen LogP contribution < -0.4 is 0 Å². The van der Waals surface area contributed by atoms with Gasteiger partial charge in [0.05, 0.1) is 18.3 Å². The number of rotatable bonds is 6. The van der Waals surface area contributed by atoms with Crippen molar-refractivity contribution in [3.8, 4) is 0 Å². The van der Waals surface area contributed by atoms with Gasteiger partial charge in [-0.1, -0.05) is 12.8 Å². The maximum absolute atomic E-state index is 12.3. The molecule has 0 bridgehead atoms. The zero-order chi connectivity index (χ0) is 15.5. The van der Waals surface area contributed by atoms with E-state index in [2.05, 4.69) is 4.98 Å². The zero-order valence-corrected chi connectivity index (χ0v) is 13.2. The first-order valence-corrected chi connectivity index (χ1v) is 8.11. The Bertz CT molecular complexity index is 521. The number of aromatic nitrogens is 1. The van der Waals surface area contributed by atoms with Gasteiger partial charge < -0.3 is 9.84 Å². The average molecular weight is 311 g/mol. The maximum Gasteiger partial charge on any atom is 0.323 e. The summed E-state index contributed by atoms with van der Waals surface area (Å²) in [5, 5.41) is 9.77. The fourth-order valence-corrected chi connectivity index (χ4v) is 4.10. The third kappa shape index (κ3) is 2.95. The highest BCUT2D eigenvalue weighted by Crippen LogP contribution is 2.44. The van der Waals surface area contributed by atoms with Gasteiger partial charge >= 0.3 is 11.9 Å². The van der Waals surface area contributed by atoms with E-state index in [1.807, 2.05) is 6.92 Å². The normalized spacial score (nSPS) is 18.4. The fourth-order valence-electron chi connectivity index (χ4n) is 3.32. The molecule has 1 saturated carbocycles. The molecular formula is C15H21NO4S. The molecule has 1 aromatic rings. The minimum absolute atomic E-state index is 0.129. The van der Waals surface area contributed by atoms with Crippen molar-refractivity contribution in [2.45, 2.75) is 45.4 Å². The van der Waals surface area contributed by atoms with E-state index in [0.717, 1.165) is 36.3 Å². The molecular weight excluding hydrogens is 290 g/mol. The van der Waals surface area contributed by atoms with Crippen molar-refractivity contribution in [2.24, 2.45) is 11.3 Å². The van der Waals surface area contributed by atoms with Gasteiger partial charge in [0, 0.05) is 4.88 Å². The van der Waals surface area contributed by atoms with Gasteiger partial charge in [0.15, 0.2) is 5.41 Å². The van der Waals surface area contributed by atoms with E-state index in [9.17, 15) is 14.7 Å². The monoisotopic (exact) mass is 311 g/mol. The number of carboxylic acid groups (broad SMARTS) is 1. The molecule has 0 spiro atoms. The molecule has 5 nitrogen and oxygen atoms in total. The molecule has 1 aromatic heterocycles. The number of carbonyl (C=O) groups is 2. The minimum Gasteiger partial charge on any atom is -0.480 e. The van der Waals surface area contributed by atoms with Crippen molar-refractivity contribution in [2.75, 3.05) is 7.11 Å². The molecule has 0 aromatic carbocycles. The lowest BCUT2D eigenvalue weighted by atomic mass is 9.71. The molecule has 1 aliphatic carbocycles. The Morgan fingerprint density at radius 1 is 1.48 bits per heavy atom. The van der Waals surface area contributed by atoms with Gasteiger partial charge in [0.2, 0.25) is 0 Å². The molecule has 2 rings (SSSR count). The van der Waals surface area contributed by atoms with E-state index in [0.29, 0.717) is 6.42 Å². The van der Waals surface area contributed by atoms with Crippen LogP contribution in [-0.2, 0) is 20.7 Å². The molecule has 1 fully saturated rings. The molecule has 1 aliphatic rings. The van der Waals surface area contributed by atoms with Crippen LogP contribution in [0.3, 0.4) is 0 Å². The van der Waals surface area contributed by atoms with Gasteiger partial charge in [-0.3, -0.25) is 9.59 Å². The Morgan fingerprint density at radius 2 is 2.14 bits per heavy atom. The summed E-state index contributed by atoms with van der Waals surface area (Å²) in [6.45, 7) is 1.90. The van der Waals surface area contributed by atoms with E-state index in [-0.39, 0.29) is 12.3 Å². The topological polar surface area (TPSA) is 76.5 Å². The minimum atomic E-state index is -1.41. The van der Waals surface area contributed by atoms with Gasteiger partial charge in [-0.25, -0.2) is 4.98 Å². The summed E-state index contributed by atoms with van der Waals surface area (Å²) < 4.78 is 4.86. The first-order chi connectivity index (χ1) is 10.0. The SMILES string of the molecule is COC(=O)C(CCc1scnc1C)(C(=O)O)C1CCCC1. The van der Waals surface area contributed by atoms with Crippen LogP contribution in [0.2, 0.25) is 0 Å². The summed E-state index contributed by atoms with van der Waals surface area (Å²) in [7, 11) is 1.27. The third-order valence-corrected chi connectivity index (χ3v) is 5.57. The summed E-state index contributed by atoms with van der Waals surface area (Å²) in [6.07, 6.45) is 4.36. The lowest BCUT2D eigenvalue weighted by Crippen LogP contribution is -2.46. The largest absolute Gasteiger partial charge is 0.480 e. The van der Waals surface area contributed by atoms with Crippen LogP contribution in [0.25, 0.3) is 0 Å². The second kappa shape index (κ2) is 6.56. The van der Waals surface area contributed by atoms with Crippen LogP contribution in [0.15, 0.2) is 5.51 Å². The van der Waals surface area contributed by atoms with Crippen LogP contribution in [-0.4, -0.2) is 29.1 Å². The second-order valence-electron chi connectivity index (χ2n) is 5.61. The van der Waals surface area contributed by atoms with Crippen LogP contribution in [0.4, 0.5) is 0 Å². The maximum atomic E-state index is 12.3. The summed E-state index contributed by atoms with van der Waals surface area (Å²) in [4.78, 5) is 29.5. The predicted octanol–water partition coefficient (Wildman–Crippen LogP) is 2.82. The lowest BCUT2D eigenvalue weighted by molar-refractivity contribution is -0.172. The number of thiazole rings is 1. The Morgan fingerprint density at radius 3 is 2.62 bits per heavy atom. The Hall–Kier alpha value is -1.43. The number of aryl methyl sites for hydroxylation is 2. The van der Waals surface area contributed by atoms with Gasteiger partial charge in [0.1, 0.15) is 0 Å². The lowest BCUT2D eigenvalue weighted by Gasteiger charge is -2.32. The number of carboxylic acids is 1. The highest BCUT2D eigenvalue weighted by Gasteiger charge is 2.53. The van der Waals surface area contributed by atoms with Gasteiger partial charge in [0.25, 0.3) is 0 Å². The summed E-state index contributed by atoms with van der Waals surface area (Å²) in [5.74, 6) is -1.79. The highest BCUT2D eigenvalue weighted by atomic mass is 32.1. The van der Waals surface area contributed by atoms with E-state index < -0.39 is 17.4 Å². The molecule has 1 heterocycles. The molecule has 1 N–H and O–H groups in total. The van der Waals surface area contributed by atoms with Crippen LogP contribution in [0.1, 0.15) is 42.7 Å². The van der Waals surface area contributed by atoms with Crippen molar-refractivity contribution in [1.29, 1.82) is 0 Å². The van der Waals surface area contributed by atoms with E-state index >= 15 is 0 Å². The molecule has 0 aliphatic heterocycles. The number of hydrogen-bond acceptors (Lipinski definition) is 5. The number of nitrogens with zero attached hydrogens (tertiary/aromatic N) is 1. The summed E-state index contributed by atoms with van der Waals surface area (Å²) in [5.41, 5.74) is 1.25. The van der Waals surface area contributed by atoms with Gasteiger partial charge in [-0.2, -0.15) is 0 Å². The average Bonchev–Trinajstić information content (AvgIpc) is 3.11. The third-order valence-electron chi connectivity index (χ3n) is 4.57.